The Hall–Kier alpha value is -2.39. The molecule has 4 N–H and O–H groups in total. The van der Waals surface area contributed by atoms with E-state index in [1.165, 1.54) is 12.1 Å². The zero-order valence-corrected chi connectivity index (χ0v) is 14.7. The minimum atomic E-state index is -4.44. The molecular weight excluding hydrogens is 401 g/mol. The Labute approximate surface area is 151 Å². The van der Waals surface area contributed by atoms with Gasteiger partial charge in [-0.25, -0.2) is 10.8 Å². The van der Waals surface area contributed by atoms with Crippen molar-refractivity contribution in [1.29, 1.82) is 0 Å². The summed E-state index contributed by atoms with van der Waals surface area (Å²) in [4.78, 5) is 12.5. The Morgan fingerprint density at radius 2 is 1.80 bits per heavy atom. The van der Waals surface area contributed by atoms with Gasteiger partial charge in [-0.3, -0.25) is 10.2 Å². The third kappa shape index (κ3) is 6.55. The van der Waals surface area contributed by atoms with Crippen molar-refractivity contribution in [2.24, 2.45) is 5.84 Å². The van der Waals surface area contributed by atoms with Crippen LogP contribution in [0, 0.1) is 0 Å². The second-order valence-corrected chi connectivity index (χ2v) is 5.37. The van der Waals surface area contributed by atoms with Crippen molar-refractivity contribution < 1.29 is 18.0 Å². The Kier molecular flexibility index (Phi) is 8.09. The van der Waals surface area contributed by atoms with Gasteiger partial charge in [-0.1, -0.05) is 28.1 Å². The molecule has 0 fully saturated rings. The average molecular weight is 417 g/mol. The molecule has 0 bridgehead atoms. The number of nitrogens with zero attached hydrogens (tertiary/aromatic N) is 1. The van der Waals surface area contributed by atoms with Crippen LogP contribution >= 0.6 is 15.9 Å². The van der Waals surface area contributed by atoms with Gasteiger partial charge in [-0.2, -0.15) is 13.2 Å². The van der Waals surface area contributed by atoms with Crippen molar-refractivity contribution in [2.45, 2.75) is 6.18 Å². The molecule has 1 heterocycles. The highest BCUT2D eigenvalue weighted by atomic mass is 79.9. The first-order chi connectivity index (χ1) is 11.8. The van der Waals surface area contributed by atoms with E-state index in [4.69, 9.17) is 4.79 Å². The molecule has 2 aromatic rings. The molecule has 0 atom stereocenters. The number of carbonyl (C=O) groups is 1. The molecule has 0 radical (unpaired) electrons. The predicted molar refractivity (Wildman–Crippen MR) is 95.2 cm³/mol. The fourth-order valence-electron chi connectivity index (χ4n) is 1.80. The monoisotopic (exact) mass is 416 g/mol. The van der Waals surface area contributed by atoms with Crippen LogP contribution in [0.1, 0.15) is 17.0 Å². The van der Waals surface area contributed by atoms with Crippen LogP contribution in [0.15, 0.2) is 40.9 Å². The van der Waals surface area contributed by atoms with Gasteiger partial charge in [-0.15, -0.1) is 0 Å². The second-order valence-electron chi connectivity index (χ2n) is 4.51. The Morgan fingerprint density at radius 1 is 1.16 bits per heavy atom. The molecule has 0 saturated heterocycles. The third-order valence-electron chi connectivity index (χ3n) is 2.87. The molecule has 134 valence electrons. The number of pyridine rings is 1. The molecule has 0 aliphatic rings. The van der Waals surface area contributed by atoms with Crippen molar-refractivity contribution >= 4 is 40.2 Å². The highest BCUT2D eigenvalue weighted by Crippen LogP contribution is 2.29. The van der Waals surface area contributed by atoms with E-state index < -0.39 is 11.9 Å². The normalized spacial score (nSPS) is 10.8. The number of carbonyl (C=O) groups excluding carboxylic acids is 1. The summed E-state index contributed by atoms with van der Waals surface area (Å²) in [6.07, 6.45) is -0.762. The van der Waals surface area contributed by atoms with Crippen LogP contribution in [0.3, 0.4) is 0 Å². The second kappa shape index (κ2) is 9.80. The van der Waals surface area contributed by atoms with Gasteiger partial charge < -0.3 is 5.32 Å². The summed E-state index contributed by atoms with van der Waals surface area (Å²) >= 11 is 3.42. The predicted octanol–water partition coefficient (Wildman–Crippen LogP) is 3.68. The molecule has 0 aliphatic carbocycles. The minimum Gasteiger partial charge on any atom is -0.388 e. The molecule has 1 amide bonds. The van der Waals surface area contributed by atoms with Gasteiger partial charge in [0.05, 0.1) is 5.69 Å². The summed E-state index contributed by atoms with van der Waals surface area (Å²) in [5.41, 5.74) is 2.82. The van der Waals surface area contributed by atoms with Crippen LogP contribution in [0.25, 0.3) is 12.2 Å². The molecule has 2 rings (SSSR count). The number of hydrazine groups is 1. The van der Waals surface area contributed by atoms with Crippen molar-refractivity contribution in [2.75, 3.05) is 12.4 Å². The zero-order valence-electron chi connectivity index (χ0n) is 13.1. The van der Waals surface area contributed by atoms with Crippen LogP contribution in [-0.2, 0) is 11.0 Å². The van der Waals surface area contributed by atoms with Gasteiger partial charge in [0.1, 0.15) is 5.69 Å². The summed E-state index contributed by atoms with van der Waals surface area (Å²) < 4.78 is 38.7. The standard InChI is InChI=1S/C15H12BrF3N2.CH4N2O/c1-20-13-6-3-5-12(16)11(13)9-8-10-4-2-7-14(21-10)15(17,18)19;2-3-1-4/h2-9,20H,1H3;1H,2H2,(H,3,4)/b9-8+;. The van der Waals surface area contributed by atoms with E-state index in [1.54, 1.807) is 24.6 Å². The van der Waals surface area contributed by atoms with E-state index >= 15 is 0 Å². The van der Waals surface area contributed by atoms with E-state index in [0.29, 0.717) is 6.41 Å². The summed E-state index contributed by atoms with van der Waals surface area (Å²) in [6, 6.07) is 9.44. The molecular formula is C16H16BrF3N4O. The minimum absolute atomic E-state index is 0.252. The first-order valence-electron chi connectivity index (χ1n) is 6.91. The molecule has 0 unspecified atom stereocenters. The lowest BCUT2D eigenvalue weighted by molar-refractivity contribution is -0.141. The lowest BCUT2D eigenvalue weighted by Crippen LogP contribution is -2.18. The summed E-state index contributed by atoms with van der Waals surface area (Å²) in [5, 5.41) is 3.03. The number of aromatic nitrogens is 1. The number of amides is 1. The summed E-state index contributed by atoms with van der Waals surface area (Å²) in [6.45, 7) is 0. The number of hydrogen-bond acceptors (Lipinski definition) is 4. The molecule has 25 heavy (non-hydrogen) atoms. The molecule has 0 saturated carbocycles. The lowest BCUT2D eigenvalue weighted by Gasteiger charge is -2.08. The number of alkyl halides is 3. The molecule has 1 aromatic heterocycles. The van der Waals surface area contributed by atoms with E-state index in [9.17, 15) is 13.2 Å². The van der Waals surface area contributed by atoms with E-state index in [0.717, 1.165) is 21.8 Å². The van der Waals surface area contributed by atoms with Crippen molar-refractivity contribution in [1.82, 2.24) is 10.4 Å². The van der Waals surface area contributed by atoms with Crippen LogP contribution in [0.5, 0.6) is 0 Å². The molecule has 1 aromatic carbocycles. The average Bonchev–Trinajstić information content (AvgIpc) is 2.60. The lowest BCUT2D eigenvalue weighted by atomic mass is 10.1. The number of nitrogens with two attached hydrogens (primary N) is 1. The SMILES string of the molecule is CNc1cccc(Br)c1/C=C/c1cccc(C(F)(F)F)n1.NNC=O. The third-order valence-corrected chi connectivity index (χ3v) is 3.56. The van der Waals surface area contributed by atoms with Crippen LogP contribution in [0.4, 0.5) is 18.9 Å². The number of rotatable bonds is 4. The largest absolute Gasteiger partial charge is 0.433 e. The highest BCUT2D eigenvalue weighted by molar-refractivity contribution is 9.10. The van der Waals surface area contributed by atoms with Gasteiger partial charge >= 0.3 is 6.18 Å². The number of nitrogens with one attached hydrogen (secondary N) is 2. The quantitative estimate of drug-likeness (QED) is 0.307. The van der Waals surface area contributed by atoms with Crippen molar-refractivity contribution in [3.8, 4) is 0 Å². The van der Waals surface area contributed by atoms with Gasteiger partial charge in [0.25, 0.3) is 0 Å². The zero-order chi connectivity index (χ0) is 18.9. The number of anilines is 1. The smallest absolute Gasteiger partial charge is 0.388 e. The fraction of sp³-hybridized carbons (Fsp3) is 0.125. The molecule has 5 nitrogen and oxygen atoms in total. The molecule has 0 aliphatic heterocycles. The van der Waals surface area contributed by atoms with Crippen molar-refractivity contribution in [3.63, 3.8) is 0 Å². The maximum absolute atomic E-state index is 12.6. The first kappa shape index (κ1) is 20.7. The number of halogens is 4. The van der Waals surface area contributed by atoms with Crippen molar-refractivity contribution in [3.05, 3.63) is 57.8 Å². The molecule has 0 spiro atoms. The van der Waals surface area contributed by atoms with Gasteiger partial charge in [0.2, 0.25) is 6.41 Å². The van der Waals surface area contributed by atoms with Gasteiger partial charge in [-0.05, 0) is 36.4 Å². The van der Waals surface area contributed by atoms with E-state index in [1.807, 2.05) is 18.2 Å². The maximum Gasteiger partial charge on any atom is 0.433 e. The van der Waals surface area contributed by atoms with Gasteiger partial charge in [0.15, 0.2) is 0 Å². The topological polar surface area (TPSA) is 80.0 Å². The Morgan fingerprint density at radius 3 is 2.36 bits per heavy atom. The van der Waals surface area contributed by atoms with Crippen LogP contribution < -0.4 is 16.6 Å². The van der Waals surface area contributed by atoms with E-state index in [2.05, 4.69) is 32.1 Å². The van der Waals surface area contributed by atoms with Crippen LogP contribution in [-0.4, -0.2) is 18.4 Å². The summed E-state index contributed by atoms with van der Waals surface area (Å²) in [5.74, 6) is 4.41. The van der Waals surface area contributed by atoms with Crippen LogP contribution in [0.2, 0.25) is 0 Å². The highest BCUT2D eigenvalue weighted by Gasteiger charge is 2.32. The van der Waals surface area contributed by atoms with Gasteiger partial charge in [0, 0.05) is 22.8 Å². The fourth-order valence-corrected chi connectivity index (χ4v) is 2.29. The Bertz CT molecular complexity index is 736. The summed E-state index contributed by atoms with van der Waals surface area (Å²) in [7, 11) is 1.78. The first-order valence-corrected chi connectivity index (χ1v) is 7.71. The van der Waals surface area contributed by atoms with E-state index in [-0.39, 0.29) is 5.69 Å². The maximum atomic E-state index is 12.6. The number of benzene rings is 1. The molecule has 9 heteroatoms. The Balaban J connectivity index is 0.000000705. The number of hydrogen-bond donors (Lipinski definition) is 3.